The predicted molar refractivity (Wildman–Crippen MR) is 104 cm³/mol. The molecule has 1 atom stereocenters. The maximum atomic E-state index is 6.22. The average molecular weight is 368 g/mol. The molecular weight excluding hydrogens is 345 g/mol. The van der Waals surface area contributed by atoms with Crippen molar-refractivity contribution in [2.24, 2.45) is 5.92 Å². The van der Waals surface area contributed by atoms with Gasteiger partial charge in [-0.1, -0.05) is 55.2 Å². The summed E-state index contributed by atoms with van der Waals surface area (Å²) in [5.74, 6) is 1.51. The Kier molecular flexibility index (Phi) is 7.78. The summed E-state index contributed by atoms with van der Waals surface area (Å²) in [5.41, 5.74) is 2.51. The summed E-state index contributed by atoms with van der Waals surface area (Å²) in [6.45, 7) is 6.54. The normalized spacial score (nSPS) is 12.3. The van der Waals surface area contributed by atoms with Gasteiger partial charge >= 0.3 is 0 Å². The Morgan fingerprint density at radius 3 is 2.48 bits per heavy atom. The van der Waals surface area contributed by atoms with Gasteiger partial charge in [0.2, 0.25) is 0 Å². The van der Waals surface area contributed by atoms with Gasteiger partial charge in [-0.25, -0.2) is 0 Å². The molecule has 0 aliphatic carbocycles. The quantitative estimate of drug-likeness (QED) is 0.567. The molecule has 0 radical (unpaired) electrons. The molecule has 0 aliphatic rings. The van der Waals surface area contributed by atoms with E-state index < -0.39 is 0 Å². The first-order valence-corrected chi connectivity index (χ1v) is 9.69. The van der Waals surface area contributed by atoms with Crippen molar-refractivity contribution in [3.8, 4) is 0 Å². The van der Waals surface area contributed by atoms with E-state index in [0.717, 1.165) is 35.8 Å². The van der Waals surface area contributed by atoms with E-state index in [-0.39, 0.29) is 0 Å². The number of thioether (sulfide) groups is 1. The molecule has 2 aromatic rings. The maximum Gasteiger partial charge on any atom is 0.0461 e. The minimum Gasteiger partial charge on any atom is -0.317 e. The second-order valence-corrected chi connectivity index (χ2v) is 7.68. The number of halogens is 2. The van der Waals surface area contributed by atoms with Crippen molar-refractivity contribution in [3.05, 3.63) is 63.6 Å². The molecule has 0 amide bonds. The largest absolute Gasteiger partial charge is 0.317 e. The zero-order chi connectivity index (χ0) is 16.7. The molecule has 23 heavy (non-hydrogen) atoms. The Morgan fingerprint density at radius 2 is 1.83 bits per heavy atom. The fourth-order valence-electron chi connectivity index (χ4n) is 2.39. The zero-order valence-corrected chi connectivity index (χ0v) is 15.9. The molecule has 4 heteroatoms. The monoisotopic (exact) mass is 367 g/mol. The van der Waals surface area contributed by atoms with Crippen LogP contribution in [0.5, 0.6) is 0 Å². The summed E-state index contributed by atoms with van der Waals surface area (Å²) in [6, 6.07) is 14.5. The summed E-state index contributed by atoms with van der Waals surface area (Å²) >= 11 is 13.9. The van der Waals surface area contributed by atoms with Gasteiger partial charge in [-0.3, -0.25) is 0 Å². The van der Waals surface area contributed by atoms with Crippen molar-refractivity contribution in [3.63, 3.8) is 0 Å². The summed E-state index contributed by atoms with van der Waals surface area (Å²) in [7, 11) is 0. The van der Waals surface area contributed by atoms with Crippen LogP contribution in [0.2, 0.25) is 10.0 Å². The first-order valence-electron chi connectivity index (χ1n) is 7.95. The Hall–Kier alpha value is -0.670. The van der Waals surface area contributed by atoms with Crippen LogP contribution in [0.4, 0.5) is 0 Å². The standard InChI is InChI=1S/C19H23Cl2NS/c1-3-22-12-14(2)10-15-4-8-18(9-5-15)23-13-16-6-7-17(20)11-19(16)21/h4-9,11,14,22H,3,10,12-13H2,1-2H3. The first kappa shape index (κ1) is 18.7. The molecule has 1 N–H and O–H groups in total. The van der Waals surface area contributed by atoms with E-state index in [2.05, 4.69) is 43.4 Å². The molecule has 0 bridgehead atoms. The van der Waals surface area contributed by atoms with E-state index in [9.17, 15) is 0 Å². The lowest BCUT2D eigenvalue weighted by atomic mass is 10.0. The van der Waals surface area contributed by atoms with Gasteiger partial charge in [0.15, 0.2) is 0 Å². The molecule has 2 aromatic carbocycles. The Morgan fingerprint density at radius 1 is 1.09 bits per heavy atom. The maximum absolute atomic E-state index is 6.22. The molecule has 0 fully saturated rings. The fourth-order valence-corrected chi connectivity index (χ4v) is 3.84. The number of nitrogens with one attached hydrogen (secondary N) is 1. The third kappa shape index (κ3) is 6.39. The lowest BCUT2D eigenvalue weighted by Gasteiger charge is -2.12. The minimum absolute atomic E-state index is 0.654. The van der Waals surface area contributed by atoms with Gasteiger partial charge in [-0.15, -0.1) is 11.8 Å². The van der Waals surface area contributed by atoms with E-state index >= 15 is 0 Å². The van der Waals surface area contributed by atoms with Crippen LogP contribution in [0, 0.1) is 5.92 Å². The predicted octanol–water partition coefficient (Wildman–Crippen LogP) is 6.07. The number of hydrogen-bond donors (Lipinski definition) is 1. The Bertz CT molecular complexity index is 613. The summed E-state index contributed by atoms with van der Waals surface area (Å²) in [6.07, 6.45) is 1.11. The molecule has 0 aliphatic heterocycles. The second-order valence-electron chi connectivity index (χ2n) is 5.79. The molecule has 0 spiro atoms. The van der Waals surface area contributed by atoms with Crippen molar-refractivity contribution in [2.45, 2.75) is 30.9 Å². The molecule has 0 saturated heterocycles. The molecular formula is C19H23Cl2NS. The van der Waals surface area contributed by atoms with Crippen LogP contribution in [0.25, 0.3) is 0 Å². The highest BCUT2D eigenvalue weighted by atomic mass is 35.5. The highest BCUT2D eigenvalue weighted by Gasteiger charge is 2.05. The van der Waals surface area contributed by atoms with E-state index in [4.69, 9.17) is 23.2 Å². The summed E-state index contributed by atoms with van der Waals surface area (Å²) in [5, 5.41) is 4.82. The van der Waals surface area contributed by atoms with E-state index in [0.29, 0.717) is 10.9 Å². The van der Waals surface area contributed by atoms with Crippen molar-refractivity contribution in [2.75, 3.05) is 13.1 Å². The SMILES string of the molecule is CCNCC(C)Cc1ccc(SCc2ccc(Cl)cc2Cl)cc1. The van der Waals surface area contributed by atoms with Crippen LogP contribution in [-0.2, 0) is 12.2 Å². The lowest BCUT2D eigenvalue weighted by molar-refractivity contribution is 0.521. The van der Waals surface area contributed by atoms with Gasteiger partial charge in [0, 0.05) is 20.7 Å². The van der Waals surface area contributed by atoms with Crippen LogP contribution < -0.4 is 5.32 Å². The van der Waals surface area contributed by atoms with Gasteiger partial charge < -0.3 is 5.32 Å². The van der Waals surface area contributed by atoms with Crippen molar-refractivity contribution < 1.29 is 0 Å². The number of hydrogen-bond acceptors (Lipinski definition) is 2. The van der Waals surface area contributed by atoms with Gasteiger partial charge in [-0.05, 0) is 60.8 Å². The van der Waals surface area contributed by atoms with Gasteiger partial charge in [-0.2, -0.15) is 0 Å². The zero-order valence-electron chi connectivity index (χ0n) is 13.6. The highest BCUT2D eigenvalue weighted by Crippen LogP contribution is 2.28. The molecule has 0 saturated carbocycles. The number of benzene rings is 2. The Balaban J connectivity index is 1.87. The topological polar surface area (TPSA) is 12.0 Å². The van der Waals surface area contributed by atoms with Crippen LogP contribution >= 0.6 is 35.0 Å². The van der Waals surface area contributed by atoms with Gasteiger partial charge in [0.1, 0.15) is 0 Å². The van der Waals surface area contributed by atoms with Crippen LogP contribution in [-0.4, -0.2) is 13.1 Å². The van der Waals surface area contributed by atoms with Crippen LogP contribution in [0.3, 0.4) is 0 Å². The van der Waals surface area contributed by atoms with E-state index in [1.165, 1.54) is 10.5 Å². The third-order valence-corrected chi connectivity index (χ3v) is 5.31. The molecule has 1 unspecified atom stereocenters. The average Bonchev–Trinajstić information content (AvgIpc) is 2.53. The summed E-state index contributed by atoms with van der Waals surface area (Å²) < 4.78 is 0. The molecule has 1 nitrogen and oxygen atoms in total. The van der Waals surface area contributed by atoms with Gasteiger partial charge in [0.05, 0.1) is 0 Å². The smallest absolute Gasteiger partial charge is 0.0461 e. The van der Waals surface area contributed by atoms with E-state index in [1.54, 1.807) is 17.8 Å². The van der Waals surface area contributed by atoms with Crippen molar-refractivity contribution >= 4 is 35.0 Å². The molecule has 0 heterocycles. The van der Waals surface area contributed by atoms with Crippen LogP contribution in [0.1, 0.15) is 25.0 Å². The van der Waals surface area contributed by atoms with Crippen LogP contribution in [0.15, 0.2) is 47.4 Å². The Labute approximate surface area is 153 Å². The molecule has 124 valence electrons. The second kappa shape index (κ2) is 9.58. The summed E-state index contributed by atoms with van der Waals surface area (Å²) in [4.78, 5) is 1.26. The van der Waals surface area contributed by atoms with Gasteiger partial charge in [0.25, 0.3) is 0 Å². The number of rotatable bonds is 8. The first-order chi connectivity index (χ1) is 11.1. The minimum atomic E-state index is 0.654. The lowest BCUT2D eigenvalue weighted by Crippen LogP contribution is -2.21. The molecule has 2 rings (SSSR count). The molecule has 0 aromatic heterocycles. The van der Waals surface area contributed by atoms with Crippen molar-refractivity contribution in [1.29, 1.82) is 0 Å². The highest BCUT2D eigenvalue weighted by molar-refractivity contribution is 7.98. The van der Waals surface area contributed by atoms with E-state index in [1.807, 2.05) is 12.1 Å². The van der Waals surface area contributed by atoms with Crippen molar-refractivity contribution in [1.82, 2.24) is 5.32 Å². The fraction of sp³-hybridized carbons (Fsp3) is 0.368. The third-order valence-electron chi connectivity index (χ3n) is 3.66.